The second-order valence-corrected chi connectivity index (χ2v) is 8.89. The van der Waals surface area contributed by atoms with Gasteiger partial charge in [0.1, 0.15) is 0 Å². The summed E-state index contributed by atoms with van der Waals surface area (Å²) in [5, 5.41) is -0.314. The van der Waals surface area contributed by atoms with Crippen molar-refractivity contribution in [2.24, 2.45) is 11.7 Å². The third-order valence-corrected chi connectivity index (χ3v) is 6.01. The van der Waals surface area contributed by atoms with E-state index in [0.29, 0.717) is 18.5 Å². The zero-order valence-corrected chi connectivity index (χ0v) is 13.8. The molecule has 0 spiro atoms. The van der Waals surface area contributed by atoms with Crippen molar-refractivity contribution in [3.05, 3.63) is 0 Å². The van der Waals surface area contributed by atoms with Gasteiger partial charge in [-0.2, -0.15) is 0 Å². The average molecular weight is 290 g/mol. The normalized spacial score (nSPS) is 28.8. The lowest BCUT2D eigenvalue weighted by Crippen LogP contribution is -2.63. The van der Waals surface area contributed by atoms with E-state index in [2.05, 4.69) is 32.6 Å². The van der Waals surface area contributed by atoms with E-state index in [1.165, 1.54) is 6.26 Å². The molecule has 0 bridgehead atoms. The Kier molecular flexibility index (Phi) is 5.43. The smallest absolute Gasteiger partial charge is 0.152 e. The largest absolute Gasteiger partial charge is 0.329 e. The van der Waals surface area contributed by atoms with Gasteiger partial charge in [-0.05, 0) is 32.6 Å². The molecule has 1 aliphatic rings. The molecule has 2 atom stereocenters. The molecular formula is C14H30N2O2S. The fourth-order valence-electron chi connectivity index (χ4n) is 3.62. The first-order valence-electron chi connectivity index (χ1n) is 7.31. The molecule has 4 nitrogen and oxygen atoms in total. The molecule has 0 radical (unpaired) electrons. The average Bonchev–Trinajstić information content (AvgIpc) is 2.69. The molecular weight excluding hydrogens is 260 g/mol. The minimum atomic E-state index is -3.06. The van der Waals surface area contributed by atoms with Crippen molar-refractivity contribution in [3.63, 3.8) is 0 Å². The molecule has 0 saturated heterocycles. The third kappa shape index (κ3) is 3.50. The summed E-state index contributed by atoms with van der Waals surface area (Å²) >= 11 is 0. The Morgan fingerprint density at radius 1 is 1.32 bits per heavy atom. The first kappa shape index (κ1) is 16.9. The third-order valence-electron chi connectivity index (χ3n) is 4.30. The van der Waals surface area contributed by atoms with Crippen molar-refractivity contribution in [1.82, 2.24) is 4.90 Å². The van der Waals surface area contributed by atoms with Crippen LogP contribution < -0.4 is 5.73 Å². The van der Waals surface area contributed by atoms with Crippen molar-refractivity contribution in [2.45, 2.75) is 63.8 Å². The summed E-state index contributed by atoms with van der Waals surface area (Å²) in [5.41, 5.74) is 5.70. The molecule has 0 aromatic rings. The molecule has 0 aliphatic heterocycles. The minimum absolute atomic E-state index is 0.313. The predicted molar refractivity (Wildman–Crippen MR) is 80.9 cm³/mol. The van der Waals surface area contributed by atoms with Crippen LogP contribution in [0.25, 0.3) is 0 Å². The summed E-state index contributed by atoms with van der Waals surface area (Å²) in [4.78, 5) is 2.34. The van der Waals surface area contributed by atoms with E-state index in [1.807, 2.05) is 0 Å². The molecule has 1 aliphatic carbocycles. The molecule has 1 saturated carbocycles. The summed E-state index contributed by atoms with van der Waals surface area (Å²) in [5.74, 6) is 0.506. The van der Waals surface area contributed by atoms with Gasteiger partial charge in [0.25, 0.3) is 0 Å². The maximum absolute atomic E-state index is 12.1. The summed E-state index contributed by atoms with van der Waals surface area (Å²) in [6, 6.07) is 0.313. The lowest BCUT2D eigenvalue weighted by molar-refractivity contribution is 0.0560. The second-order valence-electron chi connectivity index (χ2n) is 6.66. The molecule has 0 heterocycles. The number of nitrogens with two attached hydrogens (primary N) is 1. The number of hydrogen-bond donors (Lipinski definition) is 1. The molecule has 2 N–H and O–H groups in total. The molecule has 0 aromatic heterocycles. The summed E-state index contributed by atoms with van der Waals surface area (Å²) in [6.45, 7) is 9.94. The van der Waals surface area contributed by atoms with Gasteiger partial charge in [-0.1, -0.05) is 20.3 Å². The first-order valence-corrected chi connectivity index (χ1v) is 9.26. The van der Waals surface area contributed by atoms with Crippen molar-refractivity contribution < 1.29 is 8.42 Å². The Hall–Kier alpha value is -0.130. The Labute approximate surface area is 118 Å². The summed E-state index contributed by atoms with van der Waals surface area (Å²) < 4.78 is 24.3. The van der Waals surface area contributed by atoms with Gasteiger partial charge in [-0.25, -0.2) is 8.42 Å². The fourth-order valence-corrected chi connectivity index (χ4v) is 5.36. The van der Waals surface area contributed by atoms with E-state index in [-0.39, 0.29) is 10.8 Å². The molecule has 19 heavy (non-hydrogen) atoms. The lowest BCUT2D eigenvalue weighted by atomic mass is 9.91. The van der Waals surface area contributed by atoms with Gasteiger partial charge in [-0.15, -0.1) is 0 Å². The number of sulfone groups is 1. The van der Waals surface area contributed by atoms with Crippen LogP contribution in [0.1, 0.15) is 47.0 Å². The Bertz CT molecular complexity index is 392. The highest BCUT2D eigenvalue weighted by atomic mass is 32.2. The van der Waals surface area contributed by atoms with Crippen molar-refractivity contribution in [3.8, 4) is 0 Å². The van der Waals surface area contributed by atoms with Crippen molar-refractivity contribution in [1.29, 1.82) is 0 Å². The quantitative estimate of drug-likeness (QED) is 0.808. The highest BCUT2D eigenvalue weighted by molar-refractivity contribution is 7.91. The number of rotatable bonds is 6. The fraction of sp³-hybridized carbons (Fsp3) is 1.00. The van der Waals surface area contributed by atoms with Gasteiger partial charge in [0.15, 0.2) is 9.84 Å². The van der Waals surface area contributed by atoms with E-state index in [0.717, 1.165) is 25.8 Å². The minimum Gasteiger partial charge on any atom is -0.329 e. The van der Waals surface area contributed by atoms with E-state index in [4.69, 9.17) is 5.73 Å². The van der Waals surface area contributed by atoms with Crippen LogP contribution in [0.2, 0.25) is 0 Å². The zero-order valence-electron chi connectivity index (χ0n) is 13.0. The van der Waals surface area contributed by atoms with Crippen LogP contribution in [0.4, 0.5) is 0 Å². The van der Waals surface area contributed by atoms with Crippen LogP contribution in [-0.4, -0.2) is 49.5 Å². The van der Waals surface area contributed by atoms with E-state index < -0.39 is 9.84 Å². The SMILES string of the molecule is CC(C)CN(C(C)C)C1(CN)CCCC1S(C)(=O)=O. The molecule has 114 valence electrons. The van der Waals surface area contributed by atoms with Gasteiger partial charge in [0.05, 0.1) is 10.8 Å². The van der Waals surface area contributed by atoms with Crippen LogP contribution in [0.3, 0.4) is 0 Å². The van der Waals surface area contributed by atoms with Crippen LogP contribution in [0.15, 0.2) is 0 Å². The molecule has 0 amide bonds. The topological polar surface area (TPSA) is 63.4 Å². The Morgan fingerprint density at radius 2 is 1.89 bits per heavy atom. The number of nitrogens with zero attached hydrogens (tertiary/aromatic N) is 1. The predicted octanol–water partition coefficient (Wildman–Crippen LogP) is 1.65. The Morgan fingerprint density at radius 3 is 2.26 bits per heavy atom. The molecule has 1 fully saturated rings. The highest BCUT2D eigenvalue weighted by Gasteiger charge is 2.51. The standard InChI is InChI=1S/C14H30N2O2S/c1-11(2)9-16(12(3)4)14(10-15)8-6-7-13(14)19(5,17)18/h11-13H,6-10,15H2,1-5H3. The monoisotopic (exact) mass is 290 g/mol. The summed E-state index contributed by atoms with van der Waals surface area (Å²) in [7, 11) is -3.06. The van der Waals surface area contributed by atoms with E-state index >= 15 is 0 Å². The highest BCUT2D eigenvalue weighted by Crippen LogP contribution is 2.40. The Balaban J connectivity index is 3.19. The van der Waals surface area contributed by atoms with Crippen molar-refractivity contribution in [2.75, 3.05) is 19.3 Å². The van der Waals surface area contributed by atoms with E-state index in [1.54, 1.807) is 0 Å². The van der Waals surface area contributed by atoms with Gasteiger partial charge in [0, 0.05) is 25.4 Å². The van der Waals surface area contributed by atoms with Gasteiger partial charge in [0.2, 0.25) is 0 Å². The van der Waals surface area contributed by atoms with Crippen LogP contribution in [0.5, 0.6) is 0 Å². The van der Waals surface area contributed by atoms with Gasteiger partial charge in [-0.3, -0.25) is 4.90 Å². The van der Waals surface area contributed by atoms with Crippen LogP contribution in [-0.2, 0) is 9.84 Å². The maximum Gasteiger partial charge on any atom is 0.152 e. The first-order chi connectivity index (χ1) is 8.65. The van der Waals surface area contributed by atoms with Crippen LogP contribution in [0, 0.1) is 5.92 Å². The summed E-state index contributed by atoms with van der Waals surface area (Å²) in [6.07, 6.45) is 3.96. The number of hydrogen-bond acceptors (Lipinski definition) is 4. The van der Waals surface area contributed by atoms with E-state index in [9.17, 15) is 8.42 Å². The maximum atomic E-state index is 12.1. The lowest BCUT2D eigenvalue weighted by Gasteiger charge is -2.47. The molecule has 0 aromatic carbocycles. The molecule has 1 rings (SSSR count). The molecule has 2 unspecified atom stereocenters. The van der Waals surface area contributed by atoms with Gasteiger partial charge >= 0.3 is 0 Å². The second kappa shape index (κ2) is 6.10. The zero-order chi connectivity index (χ0) is 14.8. The van der Waals surface area contributed by atoms with Crippen molar-refractivity contribution >= 4 is 9.84 Å². The van der Waals surface area contributed by atoms with Gasteiger partial charge < -0.3 is 5.73 Å². The van der Waals surface area contributed by atoms with Crippen LogP contribution >= 0.6 is 0 Å². The molecule has 5 heteroatoms.